The lowest BCUT2D eigenvalue weighted by Crippen LogP contribution is -2.38. The van der Waals surface area contributed by atoms with Gasteiger partial charge in [0.2, 0.25) is 10.0 Å². The molecule has 0 atom stereocenters. The molecule has 0 radical (unpaired) electrons. The van der Waals surface area contributed by atoms with Gasteiger partial charge in [0.25, 0.3) is 0 Å². The topological polar surface area (TPSA) is 91.8 Å². The summed E-state index contributed by atoms with van der Waals surface area (Å²) in [4.78, 5) is 3.92. The van der Waals surface area contributed by atoms with Gasteiger partial charge in [0, 0.05) is 33.8 Å². The summed E-state index contributed by atoms with van der Waals surface area (Å²) in [7, 11) is -0.756. The van der Waals surface area contributed by atoms with E-state index in [4.69, 9.17) is 4.74 Å². The van der Waals surface area contributed by atoms with E-state index in [0.29, 0.717) is 5.56 Å². The molecule has 0 amide bonds. The number of methoxy groups -OCH3 is 1. The first kappa shape index (κ1) is 22.2. The van der Waals surface area contributed by atoms with Crippen LogP contribution in [0.5, 0.6) is 0 Å². The number of benzene rings is 1. The highest BCUT2D eigenvalue weighted by atomic mass is 32.2. The first-order chi connectivity index (χ1) is 12.2. The number of rotatable bonds is 9. The summed E-state index contributed by atoms with van der Waals surface area (Å²) in [6, 6.07) is 6.21. The van der Waals surface area contributed by atoms with Gasteiger partial charge in [0.15, 0.2) is 5.96 Å². The molecule has 26 heavy (non-hydrogen) atoms. The Balaban J connectivity index is 2.62. The molecular formula is C15H23F3N4O3S. The molecule has 0 aliphatic heterocycles. The Hall–Kier alpha value is -1.85. The fourth-order valence-corrected chi connectivity index (χ4v) is 3.00. The number of aliphatic imine (C=N–C) groups is 1. The fraction of sp³-hybridized carbons (Fsp3) is 0.533. The third-order valence-corrected chi connectivity index (χ3v) is 4.65. The SMILES string of the molecule is CN=C(NCCC(F)(F)F)NCc1cccc(S(=O)(=O)NCCOC)c1. The predicted octanol–water partition coefficient (Wildman–Crippen LogP) is 1.23. The van der Waals surface area contributed by atoms with E-state index in [-0.39, 0.29) is 37.1 Å². The zero-order chi connectivity index (χ0) is 19.6. The van der Waals surface area contributed by atoms with E-state index in [0.717, 1.165) is 0 Å². The van der Waals surface area contributed by atoms with Gasteiger partial charge in [0.05, 0.1) is 17.9 Å². The molecule has 1 aromatic carbocycles. The lowest BCUT2D eigenvalue weighted by Gasteiger charge is -2.13. The van der Waals surface area contributed by atoms with Gasteiger partial charge in [0.1, 0.15) is 0 Å². The maximum Gasteiger partial charge on any atom is 0.390 e. The van der Waals surface area contributed by atoms with Gasteiger partial charge in [-0.25, -0.2) is 13.1 Å². The molecular weight excluding hydrogens is 373 g/mol. The highest BCUT2D eigenvalue weighted by Gasteiger charge is 2.26. The predicted molar refractivity (Wildman–Crippen MR) is 92.4 cm³/mol. The molecule has 11 heteroatoms. The minimum atomic E-state index is -4.25. The van der Waals surface area contributed by atoms with Crippen LogP contribution in [0.3, 0.4) is 0 Å². The Labute approximate surface area is 151 Å². The molecule has 0 bridgehead atoms. The van der Waals surface area contributed by atoms with E-state index < -0.39 is 22.6 Å². The lowest BCUT2D eigenvalue weighted by atomic mass is 10.2. The number of ether oxygens (including phenoxy) is 1. The van der Waals surface area contributed by atoms with Crippen LogP contribution in [-0.4, -0.2) is 54.4 Å². The van der Waals surface area contributed by atoms with Crippen molar-refractivity contribution >= 4 is 16.0 Å². The fourth-order valence-electron chi connectivity index (χ4n) is 1.91. The average Bonchev–Trinajstić information content (AvgIpc) is 2.57. The van der Waals surface area contributed by atoms with E-state index in [2.05, 4.69) is 20.3 Å². The summed E-state index contributed by atoms with van der Waals surface area (Å²) in [6.45, 7) is 0.297. The molecule has 0 aliphatic rings. The highest BCUT2D eigenvalue weighted by Crippen LogP contribution is 2.18. The second kappa shape index (κ2) is 10.3. The van der Waals surface area contributed by atoms with E-state index in [1.165, 1.54) is 26.3 Å². The van der Waals surface area contributed by atoms with Crippen molar-refractivity contribution in [2.45, 2.75) is 24.0 Å². The summed E-state index contributed by atoms with van der Waals surface area (Å²) >= 11 is 0. The number of hydrogen-bond acceptors (Lipinski definition) is 4. The third-order valence-electron chi connectivity index (χ3n) is 3.19. The smallest absolute Gasteiger partial charge is 0.383 e. The zero-order valence-corrected chi connectivity index (χ0v) is 15.4. The molecule has 0 saturated heterocycles. The van der Waals surface area contributed by atoms with Crippen LogP contribution in [0, 0.1) is 0 Å². The summed E-state index contributed by atoms with van der Waals surface area (Å²) in [5, 5.41) is 5.39. The van der Waals surface area contributed by atoms with Gasteiger partial charge in [-0.1, -0.05) is 12.1 Å². The van der Waals surface area contributed by atoms with E-state index in [1.807, 2.05) is 0 Å². The monoisotopic (exact) mass is 396 g/mol. The molecule has 0 aliphatic carbocycles. The Morgan fingerprint density at radius 1 is 1.23 bits per heavy atom. The van der Waals surface area contributed by atoms with Crippen LogP contribution >= 0.6 is 0 Å². The molecule has 0 saturated carbocycles. The number of alkyl halides is 3. The van der Waals surface area contributed by atoms with Crippen LogP contribution in [0.2, 0.25) is 0 Å². The van der Waals surface area contributed by atoms with Crippen LogP contribution in [0.4, 0.5) is 13.2 Å². The molecule has 0 spiro atoms. The molecule has 0 fully saturated rings. The number of sulfonamides is 1. The maximum absolute atomic E-state index is 12.2. The normalized spacial score (nSPS) is 12.9. The summed E-state index contributed by atoms with van der Waals surface area (Å²) < 4.78 is 68.0. The number of nitrogens with zero attached hydrogens (tertiary/aromatic N) is 1. The van der Waals surface area contributed by atoms with Crippen LogP contribution in [0.25, 0.3) is 0 Å². The quantitative estimate of drug-likeness (QED) is 0.332. The standard InChI is InChI=1S/C15H23F3N4O3S/c1-19-14(20-7-6-15(16,17)18)21-11-12-4-3-5-13(10-12)26(23,24)22-8-9-25-2/h3-5,10,22H,6-9,11H2,1-2H3,(H2,19,20,21). The molecule has 0 unspecified atom stereocenters. The van der Waals surface area contributed by atoms with Gasteiger partial charge in [-0.2, -0.15) is 13.2 Å². The molecule has 7 nitrogen and oxygen atoms in total. The van der Waals surface area contributed by atoms with Gasteiger partial charge >= 0.3 is 6.18 Å². The van der Waals surface area contributed by atoms with Crippen molar-refractivity contribution in [3.63, 3.8) is 0 Å². The Bertz CT molecular complexity index is 694. The second-order valence-electron chi connectivity index (χ2n) is 5.26. The molecule has 148 valence electrons. The average molecular weight is 396 g/mol. The Kier molecular flexibility index (Phi) is 8.82. The van der Waals surface area contributed by atoms with E-state index >= 15 is 0 Å². The van der Waals surface area contributed by atoms with Crippen molar-refractivity contribution in [1.29, 1.82) is 0 Å². The Morgan fingerprint density at radius 3 is 2.58 bits per heavy atom. The van der Waals surface area contributed by atoms with Crippen molar-refractivity contribution in [2.24, 2.45) is 4.99 Å². The zero-order valence-electron chi connectivity index (χ0n) is 14.6. The maximum atomic E-state index is 12.2. The summed E-state index contributed by atoms with van der Waals surface area (Å²) in [5.74, 6) is 0.195. The Morgan fingerprint density at radius 2 is 1.96 bits per heavy atom. The van der Waals surface area contributed by atoms with Gasteiger partial charge in [-0.3, -0.25) is 4.99 Å². The van der Waals surface area contributed by atoms with Gasteiger partial charge < -0.3 is 15.4 Å². The number of guanidine groups is 1. The van der Waals surface area contributed by atoms with E-state index in [1.54, 1.807) is 12.1 Å². The molecule has 1 rings (SSSR count). The minimum Gasteiger partial charge on any atom is -0.383 e. The van der Waals surface area contributed by atoms with Crippen LogP contribution in [0.1, 0.15) is 12.0 Å². The molecule has 1 aromatic rings. The molecule has 0 aromatic heterocycles. The third kappa shape index (κ3) is 8.50. The van der Waals surface area contributed by atoms with Crippen LogP contribution in [-0.2, 0) is 21.3 Å². The first-order valence-corrected chi connectivity index (χ1v) is 9.25. The van der Waals surface area contributed by atoms with Gasteiger partial charge in [-0.05, 0) is 17.7 Å². The summed E-state index contributed by atoms with van der Waals surface area (Å²) in [6.07, 6.45) is -5.22. The number of nitrogens with one attached hydrogen (secondary N) is 3. The van der Waals surface area contributed by atoms with Crippen molar-refractivity contribution in [3.05, 3.63) is 29.8 Å². The van der Waals surface area contributed by atoms with Crippen molar-refractivity contribution in [1.82, 2.24) is 15.4 Å². The number of halogens is 3. The lowest BCUT2D eigenvalue weighted by molar-refractivity contribution is -0.132. The molecule has 3 N–H and O–H groups in total. The minimum absolute atomic E-state index is 0.0907. The summed E-state index contributed by atoms with van der Waals surface area (Å²) in [5.41, 5.74) is 0.637. The van der Waals surface area contributed by atoms with Crippen molar-refractivity contribution in [2.75, 3.05) is 33.9 Å². The first-order valence-electron chi connectivity index (χ1n) is 7.77. The molecule has 0 heterocycles. The largest absolute Gasteiger partial charge is 0.390 e. The van der Waals surface area contributed by atoms with Crippen molar-refractivity contribution in [3.8, 4) is 0 Å². The number of hydrogen-bond donors (Lipinski definition) is 3. The second-order valence-corrected chi connectivity index (χ2v) is 7.02. The highest BCUT2D eigenvalue weighted by molar-refractivity contribution is 7.89. The van der Waals surface area contributed by atoms with Crippen molar-refractivity contribution < 1.29 is 26.3 Å². The van der Waals surface area contributed by atoms with Crippen LogP contribution < -0.4 is 15.4 Å². The van der Waals surface area contributed by atoms with E-state index in [9.17, 15) is 21.6 Å². The van der Waals surface area contributed by atoms with Crippen LogP contribution in [0.15, 0.2) is 34.2 Å². The van der Waals surface area contributed by atoms with Gasteiger partial charge in [-0.15, -0.1) is 0 Å².